The molecule has 19 rings (SSSR count). The molecule has 0 amide bonds. The summed E-state index contributed by atoms with van der Waals surface area (Å²) in [5.41, 5.74) is 14.4. The second-order valence-corrected chi connectivity index (χ2v) is 28.0. The van der Waals surface area contributed by atoms with Gasteiger partial charge < -0.3 is 9.31 Å². The van der Waals surface area contributed by atoms with Crippen molar-refractivity contribution in [1.82, 2.24) is 29.9 Å². The van der Waals surface area contributed by atoms with Crippen molar-refractivity contribution in [2.24, 2.45) is 0 Å². The Morgan fingerprint density at radius 3 is 0.764 bits per heavy atom. The van der Waals surface area contributed by atoms with E-state index in [2.05, 4.69) is 273 Å². The van der Waals surface area contributed by atoms with Gasteiger partial charge in [0.2, 0.25) is 5.28 Å². The molecular weight excluding hydrogens is 1320 g/mol. The van der Waals surface area contributed by atoms with Crippen LogP contribution in [0.5, 0.6) is 0 Å². The summed E-state index contributed by atoms with van der Waals surface area (Å²) >= 11 is 5.99. The minimum absolute atomic E-state index is 0.202. The molecule has 1 fully saturated rings. The maximum Gasteiger partial charge on any atom is 0.494 e. The molecule has 3 heterocycles. The van der Waals surface area contributed by atoms with Crippen LogP contribution in [0.25, 0.3) is 166 Å². The zero-order chi connectivity index (χ0) is 71.7. The van der Waals surface area contributed by atoms with Crippen molar-refractivity contribution >= 4 is 88.8 Å². The predicted molar refractivity (Wildman–Crippen MR) is 441 cm³/mol. The molecule has 0 N–H and O–H groups in total. The van der Waals surface area contributed by atoms with Gasteiger partial charge >= 0.3 is 7.12 Å². The van der Waals surface area contributed by atoms with Gasteiger partial charge in [-0.25, -0.2) is 19.9 Å². The van der Waals surface area contributed by atoms with Crippen LogP contribution < -0.4 is 5.46 Å². The van der Waals surface area contributed by atoms with Crippen molar-refractivity contribution < 1.29 is 9.31 Å². The third-order valence-electron chi connectivity index (χ3n) is 20.5. The average Bonchev–Trinajstić information content (AvgIpc) is 0.960. The molecule has 0 atom stereocenters. The van der Waals surface area contributed by atoms with Crippen molar-refractivity contribution in [1.29, 1.82) is 0 Å². The van der Waals surface area contributed by atoms with Crippen molar-refractivity contribution in [3.8, 4) is 101 Å². The Morgan fingerprint density at radius 2 is 0.434 bits per heavy atom. The van der Waals surface area contributed by atoms with E-state index in [1.165, 1.54) is 92.5 Å². The van der Waals surface area contributed by atoms with Crippen molar-refractivity contribution in [3.63, 3.8) is 0 Å². The van der Waals surface area contributed by atoms with Gasteiger partial charge in [-0.2, -0.15) is 9.97 Å². The summed E-state index contributed by atoms with van der Waals surface area (Å²) in [6.07, 6.45) is 0. The van der Waals surface area contributed by atoms with Gasteiger partial charge in [-0.15, -0.1) is 0 Å². The van der Waals surface area contributed by atoms with E-state index in [9.17, 15) is 0 Å². The highest BCUT2D eigenvalue weighted by atomic mass is 35.5. The molecule has 0 radical (unpaired) electrons. The van der Waals surface area contributed by atoms with Crippen molar-refractivity contribution in [2.45, 2.75) is 38.9 Å². The molecule has 0 saturated carbocycles. The van der Waals surface area contributed by atoms with Crippen LogP contribution in [0.3, 0.4) is 0 Å². The maximum absolute atomic E-state index is 6.32. The lowest BCUT2D eigenvalue weighted by atomic mass is 9.78. The second kappa shape index (κ2) is 28.5. The van der Waals surface area contributed by atoms with E-state index in [4.69, 9.17) is 35.9 Å². The molecule has 8 nitrogen and oxygen atoms in total. The van der Waals surface area contributed by atoms with E-state index in [0.717, 1.165) is 50.0 Å². The Hall–Kier alpha value is -12.6. The number of halogens is 1. The summed E-state index contributed by atoms with van der Waals surface area (Å²) in [6.45, 7) is 8.37. The third-order valence-corrected chi connectivity index (χ3v) is 20.6. The molecule has 106 heavy (non-hydrogen) atoms. The number of hydrogen-bond acceptors (Lipinski definition) is 8. The van der Waals surface area contributed by atoms with Gasteiger partial charge in [-0.3, -0.25) is 0 Å². The number of hydrogen-bond donors (Lipinski definition) is 0. The smallest absolute Gasteiger partial charge is 0.399 e. The summed E-state index contributed by atoms with van der Waals surface area (Å²) < 4.78 is 12.6. The maximum atomic E-state index is 6.32. The quantitative estimate of drug-likeness (QED) is 0.0987. The molecule has 0 unspecified atom stereocenters. The van der Waals surface area contributed by atoms with Crippen LogP contribution in [0.15, 0.2) is 352 Å². The van der Waals surface area contributed by atoms with Gasteiger partial charge in [0.05, 0.1) is 11.2 Å². The molecule has 0 bridgehead atoms. The highest BCUT2D eigenvalue weighted by Crippen LogP contribution is 2.42. The van der Waals surface area contributed by atoms with E-state index >= 15 is 0 Å². The second-order valence-electron chi connectivity index (χ2n) is 27.7. The Kier molecular flexibility index (Phi) is 17.9. The fourth-order valence-electron chi connectivity index (χ4n) is 14.3. The summed E-state index contributed by atoms with van der Waals surface area (Å²) in [6, 6.07) is 123. The van der Waals surface area contributed by atoms with Gasteiger partial charge in [-0.05, 0) is 184 Å². The van der Waals surface area contributed by atoms with Crippen LogP contribution in [-0.2, 0) is 9.31 Å². The first-order valence-corrected chi connectivity index (χ1v) is 36.1. The lowest BCUT2D eigenvalue weighted by molar-refractivity contribution is 0.00578. The van der Waals surface area contributed by atoms with Gasteiger partial charge in [0, 0.05) is 27.8 Å². The van der Waals surface area contributed by atoms with Gasteiger partial charge in [0.15, 0.2) is 29.1 Å². The van der Waals surface area contributed by atoms with E-state index in [1.807, 2.05) is 121 Å². The molecule has 18 aromatic rings. The topological polar surface area (TPSA) is 95.8 Å². The van der Waals surface area contributed by atoms with E-state index in [0.29, 0.717) is 29.1 Å². The summed E-state index contributed by atoms with van der Waals surface area (Å²) in [5, 5.41) is 15.7. The molecule has 1 saturated heterocycles. The van der Waals surface area contributed by atoms with Gasteiger partial charge in [-0.1, -0.05) is 322 Å². The van der Waals surface area contributed by atoms with Crippen LogP contribution in [0.2, 0.25) is 5.28 Å². The minimum Gasteiger partial charge on any atom is -0.399 e. The highest BCUT2D eigenvalue weighted by Gasteiger charge is 2.51. The minimum atomic E-state index is -0.373. The fourth-order valence-corrected chi connectivity index (χ4v) is 14.5. The standard InChI is InChI=1S/C45H29N3.C36H31BO2.C15H10ClN3/c1-3-13-30(14-4-1)43-46-44(31-15-5-2-6-16-31)48-45(47-43)36-20-12-19-34(28-36)32-17-11-18-33(27-32)35-25-26-41-39-23-8-7-21-37(39)38-22-9-10-24-40(38)42(41)29-35;1-35(2)36(3,4)39-37(38-35)28-14-10-13-26(22-28)24-11-9-12-25(21-24)27-19-20-33-31-17-6-5-15-29(31)30-16-7-8-18-32(30)34(33)23-27;16-15-18-13(11-7-3-1-4-8-11)17-14(19-15)12-9-5-2-6-10-12/h1-29H;5-23H,1-4H3;1-10H. The molecule has 16 aromatic carbocycles. The first-order valence-electron chi connectivity index (χ1n) is 35.8. The molecule has 10 heteroatoms. The highest BCUT2D eigenvalue weighted by molar-refractivity contribution is 6.62. The first-order chi connectivity index (χ1) is 51.9. The SMILES string of the molecule is CC1(C)OB(c2cccc(-c3cccc(-c4ccc5c6ccccc6c6ccccc6c5c4)c3)c2)OC1(C)C.Clc1nc(-c2ccccc2)nc(-c2ccccc2)n1.c1ccc(-c2nc(-c3ccccc3)nc(-c3cccc(-c4cccc(-c5ccc6c7ccccc7c7ccccc7c6c5)c4)c3)n2)cc1. The van der Waals surface area contributed by atoms with Crippen LogP contribution >= 0.6 is 11.6 Å². The summed E-state index contributed by atoms with van der Waals surface area (Å²) in [7, 11) is -0.373. The summed E-state index contributed by atoms with van der Waals surface area (Å²) in [4.78, 5) is 27.6. The Bertz CT molecular complexity index is 6120. The van der Waals surface area contributed by atoms with E-state index in [1.54, 1.807) is 0 Å². The number of nitrogens with zero attached hydrogens (tertiary/aromatic N) is 6. The van der Waals surface area contributed by atoms with Crippen LogP contribution in [0.4, 0.5) is 0 Å². The predicted octanol–water partition coefficient (Wildman–Crippen LogP) is 24.3. The zero-order valence-electron chi connectivity index (χ0n) is 58.9. The van der Waals surface area contributed by atoms with E-state index < -0.39 is 0 Å². The monoisotopic (exact) mass is 1380 g/mol. The number of aromatic nitrogens is 6. The van der Waals surface area contributed by atoms with E-state index in [-0.39, 0.29) is 23.6 Å². The fraction of sp³-hybridized carbons (Fsp3) is 0.0625. The molecule has 2 aromatic heterocycles. The molecule has 1 aliphatic rings. The number of rotatable bonds is 10. The lowest BCUT2D eigenvalue weighted by Crippen LogP contribution is -2.41. The molecule has 0 spiro atoms. The molecular formula is C96H70BClN6O2. The molecule has 0 aliphatic carbocycles. The molecule has 506 valence electrons. The zero-order valence-corrected chi connectivity index (χ0v) is 59.7. The summed E-state index contributed by atoms with van der Waals surface area (Å²) in [5.74, 6) is 3.13. The lowest BCUT2D eigenvalue weighted by Gasteiger charge is -2.32. The van der Waals surface area contributed by atoms with Gasteiger partial charge in [0.1, 0.15) is 0 Å². The number of benzene rings is 16. The average molecular weight is 1390 g/mol. The first kappa shape index (κ1) is 66.6. The van der Waals surface area contributed by atoms with Crippen LogP contribution in [0, 0.1) is 0 Å². The van der Waals surface area contributed by atoms with Crippen molar-refractivity contribution in [3.05, 3.63) is 357 Å². The largest absolute Gasteiger partial charge is 0.494 e. The third kappa shape index (κ3) is 13.4. The molecule has 1 aliphatic heterocycles. The van der Waals surface area contributed by atoms with Crippen LogP contribution in [-0.4, -0.2) is 48.2 Å². The van der Waals surface area contributed by atoms with Crippen molar-refractivity contribution in [2.75, 3.05) is 0 Å². The van der Waals surface area contributed by atoms with Crippen LogP contribution in [0.1, 0.15) is 27.7 Å². The Labute approximate surface area is 621 Å². The van der Waals surface area contributed by atoms with Gasteiger partial charge in [0.25, 0.3) is 0 Å². The Morgan fingerprint density at radius 1 is 0.208 bits per heavy atom. The number of fused-ring (bicyclic) bond motifs is 12. The normalized spacial score (nSPS) is 13.0. The Balaban J connectivity index is 0.000000127.